The van der Waals surface area contributed by atoms with Gasteiger partial charge in [-0.25, -0.2) is 4.98 Å². The molecule has 1 heterocycles. The Morgan fingerprint density at radius 2 is 2.44 bits per heavy atom. The molecule has 16 heavy (non-hydrogen) atoms. The Morgan fingerprint density at radius 3 is 3.00 bits per heavy atom. The van der Waals surface area contributed by atoms with Crippen molar-refractivity contribution >= 4 is 22.4 Å². The summed E-state index contributed by atoms with van der Waals surface area (Å²) in [6, 6.07) is -0.540. The van der Waals surface area contributed by atoms with E-state index in [0.717, 1.165) is 23.9 Å². The number of nitrogens with two attached hydrogens (primary N) is 1. The van der Waals surface area contributed by atoms with Crippen molar-refractivity contribution in [3.8, 4) is 0 Å². The molecule has 2 rings (SSSR count). The second-order valence-corrected chi connectivity index (χ2v) is 5.17. The second-order valence-electron chi connectivity index (χ2n) is 4.31. The van der Waals surface area contributed by atoms with Crippen molar-refractivity contribution < 1.29 is 9.90 Å². The smallest absolute Gasteiger partial charge is 0.326 e. The van der Waals surface area contributed by atoms with Crippen LogP contribution in [0.4, 0.5) is 5.13 Å². The summed E-state index contributed by atoms with van der Waals surface area (Å²) in [5, 5.41) is 14.5. The minimum atomic E-state index is -1.05. The van der Waals surface area contributed by atoms with Crippen LogP contribution in [-0.4, -0.2) is 22.1 Å². The fourth-order valence-corrected chi connectivity index (χ4v) is 2.64. The largest absolute Gasteiger partial charge is 0.480 e. The standard InChI is InChI=1S/C10H15N3O2S/c1-5-2-6(3-5)12-10-13-7(4-16-10)8(11)9(14)15/h4-6,8H,2-3,11H2,1H3,(H,12,13)(H,14,15). The summed E-state index contributed by atoms with van der Waals surface area (Å²) in [5.41, 5.74) is 5.89. The van der Waals surface area contributed by atoms with E-state index in [1.54, 1.807) is 5.38 Å². The summed E-state index contributed by atoms with van der Waals surface area (Å²) < 4.78 is 0. The van der Waals surface area contributed by atoms with Gasteiger partial charge < -0.3 is 16.2 Å². The molecule has 88 valence electrons. The van der Waals surface area contributed by atoms with Gasteiger partial charge in [0, 0.05) is 11.4 Å². The fourth-order valence-electron chi connectivity index (χ4n) is 1.82. The molecule has 1 fully saturated rings. The Balaban J connectivity index is 1.94. The second kappa shape index (κ2) is 4.39. The molecular formula is C10H15N3O2S. The number of nitrogens with zero attached hydrogens (tertiary/aromatic N) is 1. The van der Waals surface area contributed by atoms with Crippen LogP contribution in [0, 0.1) is 5.92 Å². The van der Waals surface area contributed by atoms with Crippen LogP contribution in [0.2, 0.25) is 0 Å². The highest BCUT2D eigenvalue weighted by Gasteiger charge is 2.26. The first-order valence-corrected chi connectivity index (χ1v) is 6.14. The number of aliphatic carboxylic acids is 1. The molecule has 0 aliphatic heterocycles. The van der Waals surface area contributed by atoms with Crippen LogP contribution in [0.15, 0.2) is 5.38 Å². The van der Waals surface area contributed by atoms with E-state index < -0.39 is 12.0 Å². The van der Waals surface area contributed by atoms with Crippen molar-refractivity contribution in [3.63, 3.8) is 0 Å². The summed E-state index contributed by atoms with van der Waals surface area (Å²) in [5.74, 6) is -0.271. The first-order valence-electron chi connectivity index (χ1n) is 5.26. The Kier molecular flexibility index (Phi) is 3.11. The third-order valence-corrected chi connectivity index (χ3v) is 3.60. The average molecular weight is 241 g/mol. The van der Waals surface area contributed by atoms with Gasteiger partial charge in [-0.1, -0.05) is 6.92 Å². The van der Waals surface area contributed by atoms with Gasteiger partial charge in [-0.15, -0.1) is 11.3 Å². The SMILES string of the molecule is CC1CC(Nc2nc(C(N)C(=O)O)cs2)C1. The number of carboxylic acid groups (broad SMARTS) is 1. The molecule has 0 aromatic carbocycles. The summed E-state index contributed by atoms with van der Waals surface area (Å²) in [6.07, 6.45) is 2.31. The lowest BCUT2D eigenvalue weighted by Crippen LogP contribution is -2.33. The lowest BCUT2D eigenvalue weighted by atomic mass is 9.82. The summed E-state index contributed by atoms with van der Waals surface area (Å²) in [6.45, 7) is 2.21. The lowest BCUT2D eigenvalue weighted by Gasteiger charge is -2.33. The minimum absolute atomic E-state index is 0.423. The Hall–Kier alpha value is -1.14. The topological polar surface area (TPSA) is 88.2 Å². The number of carbonyl (C=O) groups is 1. The molecule has 0 saturated heterocycles. The van der Waals surface area contributed by atoms with Gasteiger partial charge in [-0.3, -0.25) is 4.79 Å². The van der Waals surface area contributed by atoms with Gasteiger partial charge in [0.15, 0.2) is 5.13 Å². The summed E-state index contributed by atoms with van der Waals surface area (Å²) >= 11 is 1.41. The minimum Gasteiger partial charge on any atom is -0.480 e. The van der Waals surface area contributed by atoms with Gasteiger partial charge in [0.25, 0.3) is 0 Å². The van der Waals surface area contributed by atoms with E-state index in [1.165, 1.54) is 11.3 Å². The summed E-state index contributed by atoms with van der Waals surface area (Å²) in [7, 11) is 0. The van der Waals surface area contributed by atoms with Gasteiger partial charge in [0.2, 0.25) is 0 Å². The molecule has 1 aliphatic rings. The van der Waals surface area contributed by atoms with Crippen molar-refractivity contribution in [2.75, 3.05) is 5.32 Å². The highest BCUT2D eigenvalue weighted by atomic mass is 32.1. The quantitative estimate of drug-likeness (QED) is 0.742. The maximum atomic E-state index is 10.7. The zero-order valence-electron chi connectivity index (χ0n) is 9.01. The van der Waals surface area contributed by atoms with Crippen LogP contribution in [0.5, 0.6) is 0 Å². The molecule has 1 atom stereocenters. The maximum absolute atomic E-state index is 10.7. The maximum Gasteiger partial charge on any atom is 0.326 e. The van der Waals surface area contributed by atoms with E-state index in [9.17, 15) is 4.79 Å². The molecule has 0 spiro atoms. The number of rotatable bonds is 4. The number of carboxylic acids is 1. The number of thiazole rings is 1. The van der Waals surface area contributed by atoms with Crippen molar-refractivity contribution in [2.24, 2.45) is 11.7 Å². The van der Waals surface area contributed by atoms with Crippen LogP contribution in [0.1, 0.15) is 31.5 Å². The van der Waals surface area contributed by atoms with E-state index in [2.05, 4.69) is 17.2 Å². The molecule has 0 bridgehead atoms. The highest BCUT2D eigenvalue weighted by Crippen LogP contribution is 2.30. The number of hydrogen-bond donors (Lipinski definition) is 3. The van der Waals surface area contributed by atoms with Crippen LogP contribution in [0.25, 0.3) is 0 Å². The first kappa shape index (κ1) is 11.3. The monoisotopic (exact) mass is 241 g/mol. The van der Waals surface area contributed by atoms with E-state index >= 15 is 0 Å². The van der Waals surface area contributed by atoms with Crippen molar-refractivity contribution in [2.45, 2.75) is 31.8 Å². The van der Waals surface area contributed by atoms with Gasteiger partial charge in [-0.2, -0.15) is 0 Å². The number of nitrogens with one attached hydrogen (secondary N) is 1. The van der Waals surface area contributed by atoms with Crippen LogP contribution in [0.3, 0.4) is 0 Å². The van der Waals surface area contributed by atoms with Gasteiger partial charge >= 0.3 is 5.97 Å². The molecule has 4 N–H and O–H groups in total. The van der Waals surface area contributed by atoms with E-state index in [0.29, 0.717) is 11.7 Å². The predicted octanol–water partition coefficient (Wildman–Crippen LogP) is 1.44. The van der Waals surface area contributed by atoms with Crippen LogP contribution >= 0.6 is 11.3 Å². The first-order chi connectivity index (χ1) is 7.56. The Bertz CT molecular complexity index is 387. The normalized spacial score (nSPS) is 25.9. The van der Waals surface area contributed by atoms with Crippen LogP contribution < -0.4 is 11.1 Å². The van der Waals surface area contributed by atoms with Crippen LogP contribution in [-0.2, 0) is 4.79 Å². The number of anilines is 1. The zero-order valence-corrected chi connectivity index (χ0v) is 9.83. The summed E-state index contributed by atoms with van der Waals surface area (Å²) in [4.78, 5) is 14.8. The Morgan fingerprint density at radius 1 is 1.75 bits per heavy atom. The third kappa shape index (κ3) is 2.33. The van der Waals surface area contributed by atoms with E-state index in [4.69, 9.17) is 10.8 Å². The molecule has 0 amide bonds. The van der Waals surface area contributed by atoms with Gasteiger partial charge in [-0.05, 0) is 18.8 Å². The number of aromatic nitrogens is 1. The van der Waals surface area contributed by atoms with E-state index in [-0.39, 0.29) is 0 Å². The molecule has 1 aliphatic carbocycles. The predicted molar refractivity (Wildman–Crippen MR) is 62.5 cm³/mol. The molecule has 6 heteroatoms. The van der Waals surface area contributed by atoms with Crippen molar-refractivity contribution in [1.29, 1.82) is 0 Å². The highest BCUT2D eigenvalue weighted by molar-refractivity contribution is 7.13. The van der Waals surface area contributed by atoms with Gasteiger partial charge in [0.05, 0.1) is 5.69 Å². The molecule has 1 unspecified atom stereocenters. The average Bonchev–Trinajstić information content (AvgIpc) is 2.62. The molecular weight excluding hydrogens is 226 g/mol. The van der Waals surface area contributed by atoms with Crippen molar-refractivity contribution in [3.05, 3.63) is 11.1 Å². The van der Waals surface area contributed by atoms with Gasteiger partial charge in [0.1, 0.15) is 6.04 Å². The number of hydrogen-bond acceptors (Lipinski definition) is 5. The lowest BCUT2D eigenvalue weighted by molar-refractivity contribution is -0.138. The zero-order chi connectivity index (χ0) is 11.7. The fraction of sp³-hybridized carbons (Fsp3) is 0.600. The molecule has 5 nitrogen and oxygen atoms in total. The molecule has 1 aromatic rings. The molecule has 1 saturated carbocycles. The third-order valence-electron chi connectivity index (χ3n) is 2.81. The Labute approximate surface area is 97.7 Å². The van der Waals surface area contributed by atoms with Crippen molar-refractivity contribution in [1.82, 2.24) is 4.98 Å². The molecule has 1 aromatic heterocycles. The van der Waals surface area contributed by atoms with E-state index in [1.807, 2.05) is 0 Å². The molecule has 0 radical (unpaired) electrons.